The average molecular weight is 457 g/mol. The van der Waals surface area contributed by atoms with Gasteiger partial charge in [-0.3, -0.25) is 14.5 Å². The first-order chi connectivity index (χ1) is 16.6. The highest BCUT2D eigenvalue weighted by Crippen LogP contribution is 2.37. The van der Waals surface area contributed by atoms with Crippen LogP contribution in [-0.4, -0.2) is 44.0 Å². The van der Waals surface area contributed by atoms with Gasteiger partial charge in [-0.05, 0) is 48.7 Å². The first-order valence-electron chi connectivity index (χ1n) is 11.3. The van der Waals surface area contributed by atoms with Gasteiger partial charge in [0.2, 0.25) is 0 Å². The third-order valence-electron chi connectivity index (χ3n) is 5.94. The number of imide groups is 1. The monoisotopic (exact) mass is 456 g/mol. The number of hydrogen-bond acceptors (Lipinski definition) is 5. The van der Waals surface area contributed by atoms with Crippen LogP contribution < -0.4 is 14.4 Å². The molecular formula is C28H28N2O4. The molecule has 6 heteroatoms. The second kappa shape index (κ2) is 10.3. The second-order valence-corrected chi connectivity index (χ2v) is 7.87. The standard InChI is InChI=1S/C28H28N2O4/c1-4-29(22-13-9-6-10-14-22)26-25(21-15-16-23(33-2)24(19-21)34-3)27(31)30(28(26)32)18-17-20-11-7-5-8-12-20/h5-16,19H,4,17-18H2,1-3H3. The molecule has 6 nitrogen and oxygen atoms in total. The van der Waals surface area contributed by atoms with E-state index < -0.39 is 0 Å². The number of anilines is 1. The van der Waals surface area contributed by atoms with Gasteiger partial charge in [0.05, 0.1) is 19.8 Å². The predicted octanol–water partition coefficient (Wildman–Crippen LogP) is 4.55. The molecule has 174 valence electrons. The summed E-state index contributed by atoms with van der Waals surface area (Å²) in [6.07, 6.45) is 0.586. The van der Waals surface area contributed by atoms with Crippen LogP contribution in [0.15, 0.2) is 84.6 Å². The highest BCUT2D eigenvalue weighted by Gasteiger charge is 2.41. The van der Waals surface area contributed by atoms with Crippen molar-refractivity contribution >= 4 is 23.1 Å². The molecule has 0 saturated heterocycles. The number of ether oxygens (including phenoxy) is 2. The van der Waals surface area contributed by atoms with E-state index in [-0.39, 0.29) is 11.8 Å². The van der Waals surface area contributed by atoms with Gasteiger partial charge >= 0.3 is 0 Å². The van der Waals surface area contributed by atoms with E-state index in [1.54, 1.807) is 32.4 Å². The van der Waals surface area contributed by atoms with Crippen LogP contribution in [0.5, 0.6) is 11.5 Å². The normalized spacial score (nSPS) is 13.4. The highest BCUT2D eigenvalue weighted by atomic mass is 16.5. The molecule has 1 aliphatic rings. The van der Waals surface area contributed by atoms with Crippen molar-refractivity contribution in [2.75, 3.05) is 32.2 Å². The summed E-state index contributed by atoms with van der Waals surface area (Å²) in [6, 6.07) is 24.8. The summed E-state index contributed by atoms with van der Waals surface area (Å²) < 4.78 is 10.8. The van der Waals surface area contributed by atoms with Crippen molar-refractivity contribution in [1.82, 2.24) is 4.90 Å². The lowest BCUT2D eigenvalue weighted by Gasteiger charge is -2.25. The van der Waals surface area contributed by atoms with Crippen molar-refractivity contribution in [2.24, 2.45) is 0 Å². The molecule has 0 saturated carbocycles. The Kier molecular flexibility index (Phi) is 6.97. The average Bonchev–Trinajstić information content (AvgIpc) is 3.13. The second-order valence-electron chi connectivity index (χ2n) is 7.87. The van der Waals surface area contributed by atoms with E-state index in [0.29, 0.717) is 47.8 Å². The first kappa shape index (κ1) is 23.1. The Morgan fingerprint density at radius 1 is 0.794 bits per heavy atom. The minimum absolute atomic E-state index is 0.295. The van der Waals surface area contributed by atoms with Crippen molar-refractivity contribution in [2.45, 2.75) is 13.3 Å². The van der Waals surface area contributed by atoms with Crippen molar-refractivity contribution < 1.29 is 19.1 Å². The van der Waals surface area contributed by atoms with Gasteiger partial charge in [-0.2, -0.15) is 0 Å². The van der Waals surface area contributed by atoms with Crippen LogP contribution in [0.1, 0.15) is 18.1 Å². The molecule has 0 aromatic heterocycles. The molecule has 0 atom stereocenters. The molecule has 34 heavy (non-hydrogen) atoms. The maximum Gasteiger partial charge on any atom is 0.278 e. The number of carbonyl (C=O) groups excluding carboxylic acids is 2. The number of hydrogen-bond donors (Lipinski definition) is 0. The summed E-state index contributed by atoms with van der Waals surface area (Å²) in [6.45, 7) is 2.80. The van der Waals surface area contributed by atoms with Crippen LogP contribution in [0.2, 0.25) is 0 Å². The zero-order valence-corrected chi connectivity index (χ0v) is 19.7. The lowest BCUT2D eigenvalue weighted by molar-refractivity contribution is -0.136. The van der Waals surface area contributed by atoms with Gasteiger partial charge in [-0.1, -0.05) is 54.6 Å². The van der Waals surface area contributed by atoms with Crippen LogP contribution in [0, 0.1) is 0 Å². The largest absolute Gasteiger partial charge is 0.493 e. The lowest BCUT2D eigenvalue weighted by Crippen LogP contribution is -2.36. The minimum Gasteiger partial charge on any atom is -0.493 e. The zero-order chi connectivity index (χ0) is 24.1. The quantitative estimate of drug-likeness (QED) is 0.442. The van der Waals surface area contributed by atoms with E-state index in [2.05, 4.69) is 0 Å². The van der Waals surface area contributed by atoms with Crippen molar-refractivity contribution in [3.05, 3.63) is 95.7 Å². The summed E-state index contributed by atoms with van der Waals surface area (Å²) in [5, 5.41) is 0. The summed E-state index contributed by atoms with van der Waals surface area (Å²) in [4.78, 5) is 30.7. The third kappa shape index (κ3) is 4.39. The summed E-state index contributed by atoms with van der Waals surface area (Å²) in [7, 11) is 3.11. The lowest BCUT2D eigenvalue weighted by atomic mass is 10.0. The minimum atomic E-state index is -0.308. The van der Waals surface area contributed by atoms with E-state index in [0.717, 1.165) is 11.3 Å². The molecule has 0 unspecified atom stereocenters. The van der Waals surface area contributed by atoms with Gasteiger partial charge in [-0.15, -0.1) is 0 Å². The van der Waals surface area contributed by atoms with Gasteiger partial charge in [0.1, 0.15) is 5.70 Å². The van der Waals surface area contributed by atoms with E-state index in [1.165, 1.54) is 4.90 Å². The summed E-state index contributed by atoms with van der Waals surface area (Å²) in [5.74, 6) is 0.452. The molecule has 0 radical (unpaired) electrons. The first-order valence-corrected chi connectivity index (χ1v) is 11.3. The smallest absolute Gasteiger partial charge is 0.278 e. The number of para-hydroxylation sites is 1. The SMILES string of the molecule is CCN(C1=C(c2ccc(OC)c(OC)c2)C(=O)N(CCc2ccccc2)C1=O)c1ccccc1. The maximum absolute atomic E-state index is 13.7. The Labute approximate surface area is 200 Å². The van der Waals surface area contributed by atoms with E-state index in [9.17, 15) is 9.59 Å². The molecule has 0 bridgehead atoms. The number of rotatable bonds is 9. The molecule has 1 aliphatic heterocycles. The third-order valence-corrected chi connectivity index (χ3v) is 5.94. The molecular weight excluding hydrogens is 428 g/mol. The molecule has 3 aromatic rings. The van der Waals surface area contributed by atoms with Gasteiger partial charge in [-0.25, -0.2) is 0 Å². The highest BCUT2D eigenvalue weighted by molar-refractivity contribution is 6.36. The molecule has 4 rings (SSSR count). The number of nitrogens with zero attached hydrogens (tertiary/aromatic N) is 2. The van der Waals surface area contributed by atoms with E-state index >= 15 is 0 Å². The number of amides is 2. The maximum atomic E-state index is 13.7. The number of methoxy groups -OCH3 is 2. The Morgan fingerprint density at radius 3 is 2.06 bits per heavy atom. The molecule has 1 heterocycles. The molecule has 0 fully saturated rings. The van der Waals surface area contributed by atoms with E-state index in [1.807, 2.05) is 72.5 Å². The molecule has 2 amide bonds. The van der Waals surface area contributed by atoms with Gasteiger partial charge in [0, 0.05) is 18.8 Å². The Bertz CT molecular complexity index is 1210. The van der Waals surface area contributed by atoms with Crippen molar-refractivity contribution in [3.63, 3.8) is 0 Å². The Balaban J connectivity index is 1.79. The zero-order valence-electron chi connectivity index (χ0n) is 19.7. The van der Waals surface area contributed by atoms with E-state index in [4.69, 9.17) is 9.47 Å². The van der Waals surface area contributed by atoms with Crippen molar-refractivity contribution in [1.29, 1.82) is 0 Å². The summed E-state index contributed by atoms with van der Waals surface area (Å²) >= 11 is 0. The predicted molar refractivity (Wildman–Crippen MR) is 133 cm³/mol. The van der Waals surface area contributed by atoms with Gasteiger partial charge < -0.3 is 14.4 Å². The topological polar surface area (TPSA) is 59.1 Å². The molecule has 0 N–H and O–H groups in total. The Hall–Kier alpha value is -4.06. The van der Waals surface area contributed by atoms with Crippen LogP contribution in [0.4, 0.5) is 5.69 Å². The van der Waals surface area contributed by atoms with Crippen LogP contribution in [0.3, 0.4) is 0 Å². The Morgan fingerprint density at radius 2 is 1.44 bits per heavy atom. The van der Waals surface area contributed by atoms with Gasteiger partial charge in [0.25, 0.3) is 11.8 Å². The van der Waals surface area contributed by atoms with Crippen LogP contribution >= 0.6 is 0 Å². The molecule has 3 aromatic carbocycles. The number of benzene rings is 3. The van der Waals surface area contributed by atoms with Crippen molar-refractivity contribution in [3.8, 4) is 11.5 Å². The van der Waals surface area contributed by atoms with Gasteiger partial charge in [0.15, 0.2) is 11.5 Å². The number of likely N-dealkylation sites (N-methyl/N-ethyl adjacent to an activating group) is 1. The molecule has 0 aliphatic carbocycles. The fourth-order valence-electron chi connectivity index (χ4n) is 4.23. The van der Waals surface area contributed by atoms with Crippen LogP contribution in [0.25, 0.3) is 5.57 Å². The van der Waals surface area contributed by atoms with Crippen LogP contribution in [-0.2, 0) is 16.0 Å². The fraction of sp³-hybridized carbons (Fsp3) is 0.214. The fourth-order valence-corrected chi connectivity index (χ4v) is 4.23. The summed E-state index contributed by atoms with van der Waals surface area (Å²) in [5.41, 5.74) is 3.27. The molecule has 0 spiro atoms. The number of carbonyl (C=O) groups is 2.